The van der Waals surface area contributed by atoms with Crippen molar-refractivity contribution in [2.75, 3.05) is 5.12 Å². The van der Waals surface area contributed by atoms with Gasteiger partial charge in [-0.05, 0) is 30.2 Å². The van der Waals surface area contributed by atoms with Gasteiger partial charge in [-0.15, -0.1) is 5.12 Å². The lowest BCUT2D eigenvalue weighted by molar-refractivity contribution is -0.384. The molecule has 0 saturated heterocycles. The average molecular weight is 233 g/mol. The number of benzene rings is 1. The van der Waals surface area contributed by atoms with Crippen molar-refractivity contribution in [3.63, 3.8) is 0 Å². The van der Waals surface area contributed by atoms with Crippen LogP contribution in [0.3, 0.4) is 0 Å². The van der Waals surface area contributed by atoms with Crippen molar-refractivity contribution >= 4 is 28.3 Å². The molecule has 1 aromatic carbocycles. The summed E-state index contributed by atoms with van der Waals surface area (Å²) in [5.41, 5.74) is -0.409. The van der Waals surface area contributed by atoms with Crippen molar-refractivity contribution in [3.8, 4) is 0 Å². The van der Waals surface area contributed by atoms with E-state index in [1.807, 2.05) is 0 Å². The minimum atomic E-state index is -1.43. The zero-order valence-electron chi connectivity index (χ0n) is 7.61. The summed E-state index contributed by atoms with van der Waals surface area (Å²) < 4.78 is 13.1. The maximum atomic E-state index is 13.1. The summed E-state index contributed by atoms with van der Waals surface area (Å²) in [6.45, 7) is 1.61. The maximum absolute atomic E-state index is 13.1. The Bertz CT molecular complexity index is 424. The predicted octanol–water partition coefficient (Wildman–Crippen LogP) is 2.95. The number of nitro benzene ring substituents is 1. The Morgan fingerprint density at radius 1 is 1.60 bits per heavy atom. The molecule has 0 heterocycles. The second-order valence-electron chi connectivity index (χ2n) is 2.78. The summed E-state index contributed by atoms with van der Waals surface area (Å²) in [6.07, 6.45) is 0. The molecule has 0 bridgehead atoms. The molecule has 0 spiro atoms. The summed E-state index contributed by atoms with van der Waals surface area (Å²) in [7, 11) is 0. The second kappa shape index (κ2) is 4.22. The van der Waals surface area contributed by atoms with E-state index in [1.165, 1.54) is 12.1 Å². The SMILES string of the molecule is Cc1ccc([N+](=O)[O-])c(N(F)C(=O)Cl)c1. The summed E-state index contributed by atoms with van der Waals surface area (Å²) in [4.78, 5) is 20.3. The summed E-state index contributed by atoms with van der Waals surface area (Å²) in [6, 6.07) is 3.71. The fourth-order valence-electron chi connectivity index (χ4n) is 1.04. The van der Waals surface area contributed by atoms with Gasteiger partial charge in [-0.2, -0.15) is 0 Å². The number of hydrogen-bond donors (Lipinski definition) is 0. The molecule has 0 aliphatic heterocycles. The molecule has 5 nitrogen and oxygen atoms in total. The van der Waals surface area contributed by atoms with Crippen LogP contribution in [0.5, 0.6) is 0 Å². The number of hydrogen-bond acceptors (Lipinski definition) is 3. The van der Waals surface area contributed by atoms with Gasteiger partial charge in [0.05, 0.1) is 4.92 Å². The highest BCUT2D eigenvalue weighted by Crippen LogP contribution is 2.30. The Morgan fingerprint density at radius 2 is 2.20 bits per heavy atom. The monoisotopic (exact) mass is 232 g/mol. The number of anilines is 1. The molecule has 0 saturated carbocycles. The van der Waals surface area contributed by atoms with Gasteiger partial charge in [0.2, 0.25) is 0 Å². The van der Waals surface area contributed by atoms with Crippen LogP contribution in [0.1, 0.15) is 5.56 Å². The van der Waals surface area contributed by atoms with Gasteiger partial charge in [-0.1, -0.05) is 10.5 Å². The lowest BCUT2D eigenvalue weighted by Crippen LogP contribution is -2.15. The summed E-state index contributed by atoms with van der Waals surface area (Å²) in [5, 5.41) is 8.63. The van der Waals surface area contributed by atoms with Gasteiger partial charge in [-0.25, -0.2) is 0 Å². The molecule has 0 unspecified atom stereocenters. The highest BCUT2D eigenvalue weighted by molar-refractivity contribution is 6.65. The van der Waals surface area contributed by atoms with E-state index < -0.39 is 26.8 Å². The molecule has 15 heavy (non-hydrogen) atoms. The van der Waals surface area contributed by atoms with Crippen LogP contribution >= 0.6 is 11.6 Å². The van der Waals surface area contributed by atoms with Crippen molar-refractivity contribution in [1.29, 1.82) is 0 Å². The van der Waals surface area contributed by atoms with Crippen LogP contribution in [0, 0.1) is 17.0 Å². The van der Waals surface area contributed by atoms with Crippen molar-refractivity contribution in [2.45, 2.75) is 6.92 Å². The lowest BCUT2D eigenvalue weighted by atomic mass is 10.2. The normalized spacial score (nSPS) is 9.80. The lowest BCUT2D eigenvalue weighted by Gasteiger charge is -2.08. The predicted molar refractivity (Wildman–Crippen MR) is 52.7 cm³/mol. The Hall–Kier alpha value is -1.69. The number of amides is 1. The number of halogens is 2. The first-order valence-electron chi connectivity index (χ1n) is 3.84. The van der Waals surface area contributed by atoms with E-state index in [1.54, 1.807) is 6.92 Å². The molecule has 1 aromatic rings. The van der Waals surface area contributed by atoms with Crippen molar-refractivity contribution in [1.82, 2.24) is 0 Å². The van der Waals surface area contributed by atoms with Gasteiger partial charge < -0.3 is 0 Å². The minimum Gasteiger partial charge on any atom is -0.258 e. The van der Waals surface area contributed by atoms with E-state index in [2.05, 4.69) is 0 Å². The Kier molecular flexibility index (Phi) is 3.21. The Labute approximate surface area is 89.1 Å². The fraction of sp³-hybridized carbons (Fsp3) is 0.125. The summed E-state index contributed by atoms with van der Waals surface area (Å²) in [5.74, 6) is 0. The van der Waals surface area contributed by atoms with E-state index in [4.69, 9.17) is 11.6 Å². The number of nitrogens with zero attached hydrogens (tertiary/aromatic N) is 2. The van der Waals surface area contributed by atoms with E-state index in [-0.39, 0.29) is 0 Å². The van der Waals surface area contributed by atoms with Crippen molar-refractivity contribution in [2.24, 2.45) is 0 Å². The van der Waals surface area contributed by atoms with Crippen LogP contribution in [-0.2, 0) is 0 Å². The van der Waals surface area contributed by atoms with Crippen molar-refractivity contribution in [3.05, 3.63) is 33.9 Å². The van der Waals surface area contributed by atoms with E-state index in [0.717, 1.165) is 6.07 Å². The largest absolute Gasteiger partial charge is 0.349 e. The fourth-order valence-corrected chi connectivity index (χ4v) is 1.13. The maximum Gasteiger partial charge on any atom is 0.349 e. The molecule has 0 aromatic heterocycles. The van der Waals surface area contributed by atoms with E-state index in [9.17, 15) is 19.4 Å². The molecule has 80 valence electrons. The van der Waals surface area contributed by atoms with E-state index >= 15 is 0 Å². The van der Waals surface area contributed by atoms with Gasteiger partial charge in [0.15, 0.2) is 5.69 Å². The van der Waals surface area contributed by atoms with Crippen LogP contribution < -0.4 is 5.12 Å². The third kappa shape index (κ3) is 2.41. The number of carbonyl (C=O) groups is 1. The smallest absolute Gasteiger partial charge is 0.258 e. The molecule has 1 rings (SSSR count). The van der Waals surface area contributed by atoms with Gasteiger partial charge in [0.25, 0.3) is 5.69 Å². The van der Waals surface area contributed by atoms with E-state index in [0.29, 0.717) is 5.56 Å². The highest BCUT2D eigenvalue weighted by Gasteiger charge is 2.23. The molecular formula is C8H6ClFN2O3. The third-order valence-electron chi connectivity index (χ3n) is 1.69. The topological polar surface area (TPSA) is 63.5 Å². The Morgan fingerprint density at radius 3 is 2.67 bits per heavy atom. The molecule has 0 fully saturated rings. The van der Waals surface area contributed by atoms with Crippen molar-refractivity contribution < 1.29 is 14.2 Å². The van der Waals surface area contributed by atoms with Crippen LogP contribution in [0.2, 0.25) is 0 Å². The number of nitro groups is 1. The molecule has 7 heteroatoms. The molecule has 0 radical (unpaired) electrons. The number of carbonyl (C=O) groups excluding carboxylic acids is 1. The quantitative estimate of drug-likeness (QED) is 0.259. The van der Waals surface area contributed by atoms with Crippen LogP contribution in [0.15, 0.2) is 18.2 Å². The Balaban J connectivity index is 3.30. The molecule has 0 aliphatic rings. The van der Waals surface area contributed by atoms with Gasteiger partial charge in [0, 0.05) is 6.07 Å². The zero-order chi connectivity index (χ0) is 11.6. The van der Waals surface area contributed by atoms with Crippen LogP contribution in [-0.4, -0.2) is 10.3 Å². The minimum absolute atomic E-state index is 0.466. The molecule has 0 atom stereocenters. The second-order valence-corrected chi connectivity index (χ2v) is 3.11. The first-order valence-corrected chi connectivity index (χ1v) is 4.21. The highest BCUT2D eigenvalue weighted by atomic mass is 35.5. The average Bonchev–Trinajstić information content (AvgIpc) is 2.15. The zero-order valence-corrected chi connectivity index (χ0v) is 8.36. The number of aryl methyl sites for hydroxylation is 1. The first kappa shape index (κ1) is 11.4. The van der Waals surface area contributed by atoms with Gasteiger partial charge >= 0.3 is 5.37 Å². The van der Waals surface area contributed by atoms with Crippen LogP contribution in [0.4, 0.5) is 20.7 Å². The van der Waals surface area contributed by atoms with Gasteiger partial charge in [0.1, 0.15) is 0 Å². The standard InChI is InChI=1S/C8H6ClFN2O3/c1-5-2-3-6(12(14)15)7(4-5)11(10)8(9)13/h2-4H,1H3. The molecule has 0 aliphatic carbocycles. The summed E-state index contributed by atoms with van der Waals surface area (Å²) >= 11 is 4.88. The number of rotatable bonds is 2. The first-order chi connectivity index (χ1) is 6.93. The molecular weight excluding hydrogens is 227 g/mol. The van der Waals surface area contributed by atoms with Crippen LogP contribution in [0.25, 0.3) is 0 Å². The van der Waals surface area contributed by atoms with Gasteiger partial charge in [-0.3, -0.25) is 14.9 Å². The molecule has 0 N–H and O–H groups in total. The third-order valence-corrected chi connectivity index (χ3v) is 1.84. The molecule has 1 amide bonds.